The van der Waals surface area contributed by atoms with Gasteiger partial charge in [-0.1, -0.05) is 12.1 Å². The van der Waals surface area contributed by atoms with E-state index in [9.17, 15) is 9.59 Å². The quantitative estimate of drug-likeness (QED) is 0.719. The Morgan fingerprint density at radius 3 is 2.93 bits per heavy atom. The van der Waals surface area contributed by atoms with Crippen LogP contribution < -0.4 is 5.32 Å². The van der Waals surface area contributed by atoms with Gasteiger partial charge in [-0.15, -0.1) is 0 Å². The fourth-order valence-corrected chi connectivity index (χ4v) is 3.74. The Balaban J connectivity index is 1.36. The van der Waals surface area contributed by atoms with Crippen LogP contribution in [0, 0.1) is 19.8 Å². The van der Waals surface area contributed by atoms with Crippen molar-refractivity contribution in [1.82, 2.24) is 20.2 Å². The normalized spacial score (nSPS) is 16.7. The topological polar surface area (TPSA) is 78.1 Å². The van der Waals surface area contributed by atoms with E-state index in [0.29, 0.717) is 19.6 Å². The minimum Gasteiger partial charge on any atom is -0.358 e. The van der Waals surface area contributed by atoms with Crippen LogP contribution in [-0.2, 0) is 22.7 Å². The number of hydrogen-bond acceptors (Lipinski definition) is 3. The van der Waals surface area contributed by atoms with Crippen molar-refractivity contribution in [1.29, 1.82) is 0 Å². The van der Waals surface area contributed by atoms with E-state index in [0.717, 1.165) is 22.5 Å². The zero-order valence-electron chi connectivity index (χ0n) is 16.2. The number of nitrogens with zero attached hydrogens (tertiary/aromatic N) is 2. The van der Waals surface area contributed by atoms with Crippen molar-refractivity contribution in [3.8, 4) is 0 Å². The summed E-state index contributed by atoms with van der Waals surface area (Å²) in [4.78, 5) is 34.2. The van der Waals surface area contributed by atoms with Gasteiger partial charge in [-0.25, -0.2) is 0 Å². The predicted octanol–water partition coefficient (Wildman–Crippen LogP) is 2.84. The highest BCUT2D eigenvalue weighted by atomic mass is 16.2. The van der Waals surface area contributed by atoms with E-state index in [2.05, 4.69) is 35.2 Å². The second-order valence-corrected chi connectivity index (χ2v) is 7.47. The molecule has 4 rings (SSSR count). The van der Waals surface area contributed by atoms with Gasteiger partial charge in [-0.05, 0) is 49.2 Å². The molecule has 1 fully saturated rings. The van der Waals surface area contributed by atoms with E-state index >= 15 is 0 Å². The minimum absolute atomic E-state index is 0.00523. The lowest BCUT2D eigenvalue weighted by molar-refractivity contribution is -0.129. The monoisotopic (exact) mass is 376 g/mol. The number of pyridine rings is 1. The van der Waals surface area contributed by atoms with E-state index in [1.165, 1.54) is 10.9 Å². The first-order valence-electron chi connectivity index (χ1n) is 9.54. The van der Waals surface area contributed by atoms with Crippen LogP contribution in [0.5, 0.6) is 0 Å². The van der Waals surface area contributed by atoms with Crippen LogP contribution in [0.15, 0.2) is 42.6 Å². The number of carbonyl (C=O) groups is 2. The van der Waals surface area contributed by atoms with Gasteiger partial charge < -0.3 is 15.2 Å². The molecule has 3 aromatic rings. The largest absolute Gasteiger partial charge is 0.358 e. The maximum atomic E-state index is 12.6. The van der Waals surface area contributed by atoms with Gasteiger partial charge in [0.05, 0.1) is 18.2 Å². The Hall–Kier alpha value is -3.15. The first-order chi connectivity index (χ1) is 13.5. The number of aromatic amines is 1. The highest BCUT2D eigenvalue weighted by Crippen LogP contribution is 2.23. The number of aryl methyl sites for hydroxylation is 2. The third-order valence-corrected chi connectivity index (χ3v) is 5.50. The van der Waals surface area contributed by atoms with Crippen LogP contribution in [-0.4, -0.2) is 33.2 Å². The van der Waals surface area contributed by atoms with Crippen LogP contribution in [0.1, 0.15) is 28.9 Å². The summed E-state index contributed by atoms with van der Waals surface area (Å²) in [5.41, 5.74) is 5.39. The lowest BCUT2D eigenvalue weighted by Gasteiger charge is -2.16. The lowest BCUT2D eigenvalue weighted by Crippen LogP contribution is -2.32. The Bertz CT molecular complexity index is 1030. The minimum atomic E-state index is -0.309. The molecule has 6 heteroatoms. The van der Waals surface area contributed by atoms with Gasteiger partial charge in [-0.3, -0.25) is 14.6 Å². The SMILES string of the molecule is Cc1[nH]c2ccc(CNC(=O)C3CC(=O)N(Cc4ccccn4)C3)cc2c1C. The molecule has 2 N–H and O–H groups in total. The zero-order chi connectivity index (χ0) is 19.7. The van der Waals surface area contributed by atoms with Crippen molar-refractivity contribution in [2.75, 3.05) is 6.54 Å². The van der Waals surface area contributed by atoms with Gasteiger partial charge in [0.25, 0.3) is 0 Å². The summed E-state index contributed by atoms with van der Waals surface area (Å²) in [5.74, 6) is -0.374. The van der Waals surface area contributed by atoms with Crippen LogP contribution in [0.4, 0.5) is 0 Å². The van der Waals surface area contributed by atoms with Crippen molar-refractivity contribution in [3.63, 3.8) is 0 Å². The van der Waals surface area contributed by atoms with E-state index < -0.39 is 0 Å². The number of hydrogen-bond donors (Lipinski definition) is 2. The molecule has 1 atom stereocenters. The van der Waals surface area contributed by atoms with Gasteiger partial charge in [0.15, 0.2) is 0 Å². The molecule has 3 heterocycles. The Kier molecular flexibility index (Phi) is 4.86. The van der Waals surface area contributed by atoms with Gasteiger partial charge in [0, 0.05) is 42.3 Å². The summed E-state index contributed by atoms with van der Waals surface area (Å²) in [6.07, 6.45) is 1.97. The number of benzene rings is 1. The molecule has 6 nitrogen and oxygen atoms in total. The molecule has 0 saturated carbocycles. The Morgan fingerprint density at radius 2 is 2.14 bits per heavy atom. The van der Waals surface area contributed by atoms with Gasteiger partial charge in [-0.2, -0.15) is 0 Å². The Morgan fingerprint density at radius 1 is 1.29 bits per heavy atom. The summed E-state index contributed by atoms with van der Waals surface area (Å²) >= 11 is 0. The van der Waals surface area contributed by atoms with Crippen molar-refractivity contribution in [3.05, 3.63) is 65.1 Å². The highest BCUT2D eigenvalue weighted by molar-refractivity contribution is 5.89. The molecular weight excluding hydrogens is 352 g/mol. The molecule has 1 saturated heterocycles. The van der Waals surface area contributed by atoms with Crippen molar-refractivity contribution in [2.45, 2.75) is 33.4 Å². The molecule has 1 aliphatic heterocycles. The molecule has 0 spiro atoms. The van der Waals surface area contributed by atoms with E-state index in [-0.39, 0.29) is 24.2 Å². The lowest BCUT2D eigenvalue weighted by atomic mass is 10.1. The van der Waals surface area contributed by atoms with Crippen LogP contribution in [0.25, 0.3) is 10.9 Å². The fourth-order valence-electron chi connectivity index (χ4n) is 3.74. The molecular formula is C22H24N4O2. The zero-order valence-corrected chi connectivity index (χ0v) is 16.2. The summed E-state index contributed by atoms with van der Waals surface area (Å²) in [5, 5.41) is 4.18. The number of carbonyl (C=O) groups excluding carboxylic acids is 2. The van der Waals surface area contributed by atoms with Crippen molar-refractivity contribution < 1.29 is 9.59 Å². The van der Waals surface area contributed by atoms with Gasteiger partial charge >= 0.3 is 0 Å². The number of likely N-dealkylation sites (tertiary alicyclic amines) is 1. The molecule has 0 bridgehead atoms. The van der Waals surface area contributed by atoms with Crippen LogP contribution >= 0.6 is 0 Å². The number of rotatable bonds is 5. The summed E-state index contributed by atoms with van der Waals surface area (Å²) in [6.45, 7) is 5.51. The second-order valence-electron chi connectivity index (χ2n) is 7.47. The number of amides is 2. The third kappa shape index (κ3) is 3.63. The van der Waals surface area contributed by atoms with Gasteiger partial charge in [0.1, 0.15) is 0 Å². The molecule has 0 radical (unpaired) electrons. The number of H-pyrrole nitrogens is 1. The average Bonchev–Trinajstić information content (AvgIpc) is 3.20. The number of nitrogens with one attached hydrogen (secondary N) is 2. The van der Waals surface area contributed by atoms with E-state index in [1.54, 1.807) is 11.1 Å². The first kappa shape index (κ1) is 18.2. The average molecular weight is 376 g/mol. The predicted molar refractivity (Wildman–Crippen MR) is 107 cm³/mol. The fraction of sp³-hybridized carbons (Fsp3) is 0.318. The van der Waals surface area contributed by atoms with Crippen molar-refractivity contribution >= 4 is 22.7 Å². The smallest absolute Gasteiger partial charge is 0.225 e. The molecule has 1 aliphatic rings. The van der Waals surface area contributed by atoms with E-state index in [1.807, 2.05) is 30.3 Å². The summed E-state index contributed by atoms with van der Waals surface area (Å²) in [6, 6.07) is 11.8. The molecule has 2 amide bonds. The molecule has 1 aromatic carbocycles. The summed E-state index contributed by atoms with van der Waals surface area (Å²) in [7, 11) is 0. The van der Waals surface area contributed by atoms with Crippen molar-refractivity contribution in [2.24, 2.45) is 5.92 Å². The van der Waals surface area contributed by atoms with E-state index in [4.69, 9.17) is 0 Å². The van der Waals surface area contributed by atoms with Gasteiger partial charge in [0.2, 0.25) is 11.8 Å². The third-order valence-electron chi connectivity index (χ3n) is 5.50. The molecule has 1 unspecified atom stereocenters. The number of fused-ring (bicyclic) bond motifs is 1. The molecule has 0 aliphatic carbocycles. The standard InChI is InChI=1S/C22H24N4O2/c1-14-15(2)25-20-7-6-16(9-19(14)20)11-24-22(28)17-10-21(27)26(12-17)13-18-5-3-4-8-23-18/h3-9,17,25H,10-13H2,1-2H3,(H,24,28). The van der Waals surface area contributed by atoms with Crippen LogP contribution in [0.3, 0.4) is 0 Å². The maximum Gasteiger partial charge on any atom is 0.225 e. The van der Waals surface area contributed by atoms with Crippen LogP contribution in [0.2, 0.25) is 0 Å². The number of aromatic nitrogens is 2. The molecule has 28 heavy (non-hydrogen) atoms. The summed E-state index contributed by atoms with van der Waals surface area (Å²) < 4.78 is 0. The highest BCUT2D eigenvalue weighted by Gasteiger charge is 2.34. The first-order valence-corrected chi connectivity index (χ1v) is 9.54. The second kappa shape index (κ2) is 7.46. The Labute approximate surface area is 164 Å². The molecule has 144 valence electrons. The molecule has 2 aromatic heterocycles. The maximum absolute atomic E-state index is 12.6.